The van der Waals surface area contributed by atoms with Gasteiger partial charge in [0, 0.05) is 32.2 Å². The second kappa shape index (κ2) is 9.48. The molecule has 5 nitrogen and oxygen atoms in total. The minimum Gasteiger partial charge on any atom is -0.444 e. The van der Waals surface area contributed by atoms with Crippen LogP contribution < -0.4 is 5.32 Å². The van der Waals surface area contributed by atoms with E-state index in [4.69, 9.17) is 4.74 Å². The third kappa shape index (κ3) is 8.02. The standard InChI is InChI=1S/C18H37N3O2/c1-7-11-21(17(22)23-18(3,4)5)13-10-19-15(2)16-9-8-12-20(6)14-16/h15-16,19H,7-14H2,1-6H3. The number of nitrogens with one attached hydrogen (secondary N) is 1. The molecule has 0 spiro atoms. The Morgan fingerprint density at radius 2 is 2.09 bits per heavy atom. The van der Waals surface area contributed by atoms with Gasteiger partial charge in [-0.1, -0.05) is 6.92 Å². The third-order valence-electron chi connectivity index (χ3n) is 4.36. The van der Waals surface area contributed by atoms with E-state index in [0.717, 1.165) is 19.5 Å². The highest BCUT2D eigenvalue weighted by Gasteiger charge is 2.24. The van der Waals surface area contributed by atoms with E-state index in [1.54, 1.807) is 0 Å². The molecule has 1 saturated heterocycles. The van der Waals surface area contributed by atoms with Gasteiger partial charge in [-0.25, -0.2) is 4.79 Å². The van der Waals surface area contributed by atoms with E-state index in [1.165, 1.54) is 25.9 Å². The van der Waals surface area contributed by atoms with Gasteiger partial charge in [-0.3, -0.25) is 0 Å². The Morgan fingerprint density at radius 1 is 1.39 bits per heavy atom. The number of hydrogen-bond acceptors (Lipinski definition) is 4. The molecule has 1 N–H and O–H groups in total. The minimum absolute atomic E-state index is 0.203. The van der Waals surface area contributed by atoms with Crippen molar-refractivity contribution in [2.75, 3.05) is 39.8 Å². The molecule has 0 aromatic carbocycles. The molecule has 1 fully saturated rings. The van der Waals surface area contributed by atoms with E-state index >= 15 is 0 Å². The summed E-state index contributed by atoms with van der Waals surface area (Å²) in [5, 5.41) is 3.60. The summed E-state index contributed by atoms with van der Waals surface area (Å²) in [6.45, 7) is 14.7. The van der Waals surface area contributed by atoms with Crippen molar-refractivity contribution in [3.63, 3.8) is 0 Å². The molecule has 1 amide bonds. The van der Waals surface area contributed by atoms with Gasteiger partial charge in [-0.05, 0) is 66.5 Å². The Morgan fingerprint density at radius 3 is 2.65 bits per heavy atom. The van der Waals surface area contributed by atoms with Gasteiger partial charge in [0.15, 0.2) is 0 Å². The predicted molar refractivity (Wildman–Crippen MR) is 95.8 cm³/mol. The molecule has 0 aliphatic carbocycles. The van der Waals surface area contributed by atoms with Crippen LogP contribution in [0.5, 0.6) is 0 Å². The van der Waals surface area contributed by atoms with E-state index < -0.39 is 5.60 Å². The predicted octanol–water partition coefficient (Wildman–Crippen LogP) is 2.95. The van der Waals surface area contributed by atoms with Gasteiger partial charge in [0.05, 0.1) is 0 Å². The number of ether oxygens (including phenoxy) is 1. The molecular weight excluding hydrogens is 290 g/mol. The normalized spacial score (nSPS) is 21.0. The van der Waals surface area contributed by atoms with Crippen LogP contribution in [0.3, 0.4) is 0 Å². The van der Waals surface area contributed by atoms with E-state index in [-0.39, 0.29) is 6.09 Å². The molecule has 2 atom stereocenters. The average Bonchev–Trinajstić information content (AvgIpc) is 2.44. The van der Waals surface area contributed by atoms with E-state index in [1.807, 2.05) is 25.7 Å². The monoisotopic (exact) mass is 327 g/mol. The van der Waals surface area contributed by atoms with Crippen LogP contribution in [0.1, 0.15) is 53.9 Å². The third-order valence-corrected chi connectivity index (χ3v) is 4.36. The van der Waals surface area contributed by atoms with E-state index in [9.17, 15) is 4.79 Å². The van der Waals surface area contributed by atoms with Crippen LogP contribution in [0.15, 0.2) is 0 Å². The Kier molecular flexibility index (Phi) is 8.34. The van der Waals surface area contributed by atoms with Crippen LogP contribution in [0.2, 0.25) is 0 Å². The average molecular weight is 328 g/mol. The summed E-state index contributed by atoms with van der Waals surface area (Å²) < 4.78 is 5.49. The second-order valence-corrected chi connectivity index (χ2v) is 7.87. The zero-order valence-electron chi connectivity index (χ0n) is 16.0. The van der Waals surface area contributed by atoms with Crippen LogP contribution in [-0.2, 0) is 4.74 Å². The summed E-state index contributed by atoms with van der Waals surface area (Å²) in [4.78, 5) is 16.5. The van der Waals surface area contributed by atoms with Gasteiger partial charge >= 0.3 is 6.09 Å². The summed E-state index contributed by atoms with van der Waals surface area (Å²) in [5.74, 6) is 0.704. The SMILES string of the molecule is CCCN(CCNC(C)C1CCCN(C)C1)C(=O)OC(C)(C)C. The van der Waals surface area contributed by atoms with Crippen molar-refractivity contribution in [2.45, 2.75) is 65.5 Å². The van der Waals surface area contributed by atoms with Gasteiger partial charge in [0.25, 0.3) is 0 Å². The molecular formula is C18H37N3O2. The molecule has 1 rings (SSSR count). The molecule has 1 aliphatic heterocycles. The largest absolute Gasteiger partial charge is 0.444 e. The molecule has 0 aromatic heterocycles. The second-order valence-electron chi connectivity index (χ2n) is 7.87. The highest BCUT2D eigenvalue weighted by molar-refractivity contribution is 5.68. The summed E-state index contributed by atoms with van der Waals surface area (Å²) in [5.41, 5.74) is -0.434. The quantitative estimate of drug-likeness (QED) is 0.781. The van der Waals surface area contributed by atoms with Gasteiger partial charge in [0.2, 0.25) is 0 Å². The van der Waals surface area contributed by atoms with Gasteiger partial charge in [-0.15, -0.1) is 0 Å². The summed E-state index contributed by atoms with van der Waals surface area (Å²) in [6, 6.07) is 0.486. The van der Waals surface area contributed by atoms with Crippen molar-refractivity contribution in [1.82, 2.24) is 15.1 Å². The molecule has 1 aliphatic rings. The Labute approximate surface area is 142 Å². The lowest BCUT2D eigenvalue weighted by Gasteiger charge is -2.34. The summed E-state index contributed by atoms with van der Waals surface area (Å²) in [6.07, 6.45) is 3.32. The van der Waals surface area contributed by atoms with Gasteiger partial charge < -0.3 is 19.9 Å². The smallest absolute Gasteiger partial charge is 0.410 e. The molecule has 1 heterocycles. The number of carbonyl (C=O) groups excluding carboxylic acids is 1. The van der Waals surface area contributed by atoms with Crippen LogP contribution in [-0.4, -0.2) is 67.3 Å². The number of hydrogen-bond donors (Lipinski definition) is 1. The van der Waals surface area contributed by atoms with Crippen LogP contribution in [0.25, 0.3) is 0 Å². The van der Waals surface area contributed by atoms with Gasteiger partial charge in [-0.2, -0.15) is 0 Å². The number of likely N-dealkylation sites (tertiary alicyclic amines) is 1. The molecule has 5 heteroatoms. The molecule has 0 aromatic rings. The first-order valence-electron chi connectivity index (χ1n) is 9.12. The van der Waals surface area contributed by atoms with Gasteiger partial charge in [0.1, 0.15) is 5.60 Å². The van der Waals surface area contributed by atoms with Crippen molar-refractivity contribution >= 4 is 6.09 Å². The fraction of sp³-hybridized carbons (Fsp3) is 0.944. The highest BCUT2D eigenvalue weighted by atomic mass is 16.6. The van der Waals surface area contributed by atoms with Crippen molar-refractivity contribution in [2.24, 2.45) is 5.92 Å². The number of nitrogens with zero attached hydrogens (tertiary/aromatic N) is 2. The number of piperidine rings is 1. The minimum atomic E-state index is -0.434. The Bertz CT molecular complexity index is 355. The zero-order chi connectivity index (χ0) is 17.5. The first-order chi connectivity index (χ1) is 10.7. The van der Waals surface area contributed by atoms with Crippen molar-refractivity contribution in [3.05, 3.63) is 0 Å². The van der Waals surface area contributed by atoms with Crippen LogP contribution in [0.4, 0.5) is 4.79 Å². The molecule has 23 heavy (non-hydrogen) atoms. The van der Waals surface area contributed by atoms with Crippen molar-refractivity contribution in [3.8, 4) is 0 Å². The molecule has 136 valence electrons. The van der Waals surface area contributed by atoms with Crippen LogP contribution >= 0.6 is 0 Å². The van der Waals surface area contributed by atoms with E-state index in [0.29, 0.717) is 18.5 Å². The maximum Gasteiger partial charge on any atom is 0.410 e. The lowest BCUT2D eigenvalue weighted by atomic mass is 9.92. The molecule has 0 bridgehead atoms. The lowest BCUT2D eigenvalue weighted by molar-refractivity contribution is 0.0249. The summed E-state index contributed by atoms with van der Waals surface area (Å²) >= 11 is 0. The number of carbonyl (C=O) groups is 1. The molecule has 0 saturated carbocycles. The first kappa shape index (κ1) is 20.2. The molecule has 0 radical (unpaired) electrons. The number of amides is 1. The maximum atomic E-state index is 12.2. The Balaban J connectivity index is 2.38. The number of rotatable bonds is 7. The van der Waals surface area contributed by atoms with Crippen molar-refractivity contribution in [1.29, 1.82) is 0 Å². The first-order valence-corrected chi connectivity index (χ1v) is 9.12. The highest BCUT2D eigenvalue weighted by Crippen LogP contribution is 2.18. The lowest BCUT2D eigenvalue weighted by Crippen LogP contribution is -2.46. The maximum absolute atomic E-state index is 12.2. The Hall–Kier alpha value is -0.810. The van der Waals surface area contributed by atoms with E-state index in [2.05, 4.69) is 31.1 Å². The zero-order valence-corrected chi connectivity index (χ0v) is 16.0. The fourth-order valence-electron chi connectivity index (χ4n) is 3.10. The van der Waals surface area contributed by atoms with Crippen molar-refractivity contribution < 1.29 is 9.53 Å². The molecule has 2 unspecified atom stereocenters. The summed E-state index contributed by atoms with van der Waals surface area (Å²) in [7, 11) is 2.20. The van der Waals surface area contributed by atoms with Crippen LogP contribution in [0, 0.1) is 5.92 Å². The topological polar surface area (TPSA) is 44.8 Å². The fourth-order valence-corrected chi connectivity index (χ4v) is 3.10.